The van der Waals surface area contributed by atoms with Crippen LogP contribution in [0.4, 0.5) is 0 Å². The Hall–Kier alpha value is -0.420. The van der Waals surface area contributed by atoms with E-state index in [-0.39, 0.29) is 6.42 Å². The molecule has 0 spiro atoms. The molecule has 0 aliphatic carbocycles. The van der Waals surface area contributed by atoms with Crippen LogP contribution in [0.3, 0.4) is 0 Å². The third-order valence-corrected chi connectivity index (χ3v) is 2.97. The Morgan fingerprint density at radius 2 is 2.17 bits per heavy atom. The number of carboxylic acid groups (broad SMARTS) is 1. The van der Waals surface area contributed by atoms with Gasteiger partial charge in [0.25, 0.3) is 0 Å². The van der Waals surface area contributed by atoms with E-state index in [4.69, 9.17) is 5.11 Å². The van der Waals surface area contributed by atoms with E-state index in [1.54, 1.807) is 12.1 Å². The quantitative estimate of drug-likeness (QED) is 0.851. The van der Waals surface area contributed by atoms with Crippen molar-refractivity contribution in [3.8, 4) is 0 Å². The summed E-state index contributed by atoms with van der Waals surface area (Å²) < 4.78 is 1.44. The van der Waals surface area contributed by atoms with Crippen molar-refractivity contribution in [2.45, 2.75) is 6.42 Å². The fourth-order valence-electron chi connectivity index (χ4n) is 0.708. The van der Waals surface area contributed by atoms with Gasteiger partial charge in [-0.2, -0.15) is 0 Å². The van der Waals surface area contributed by atoms with E-state index < -0.39 is 5.97 Å². The van der Waals surface area contributed by atoms with E-state index >= 15 is 0 Å². The van der Waals surface area contributed by atoms with Crippen LogP contribution in [0.2, 0.25) is 0 Å². The van der Waals surface area contributed by atoms with Crippen molar-refractivity contribution < 1.29 is 9.90 Å². The SMILES string of the molecule is O=C(O)Cc1ccc(Br)c(Br)n1. The third-order valence-electron chi connectivity index (χ3n) is 1.19. The summed E-state index contributed by atoms with van der Waals surface area (Å²) in [6.07, 6.45) is -0.0497. The summed E-state index contributed by atoms with van der Waals surface area (Å²) in [5, 5.41) is 8.46. The summed E-state index contributed by atoms with van der Waals surface area (Å²) >= 11 is 6.42. The molecule has 0 aliphatic heterocycles. The number of halogens is 2. The zero-order valence-corrected chi connectivity index (χ0v) is 9.09. The van der Waals surface area contributed by atoms with Gasteiger partial charge in [0, 0.05) is 0 Å². The summed E-state index contributed by atoms with van der Waals surface area (Å²) in [6.45, 7) is 0. The largest absolute Gasteiger partial charge is 0.481 e. The van der Waals surface area contributed by atoms with Gasteiger partial charge < -0.3 is 5.11 Å². The maximum Gasteiger partial charge on any atom is 0.309 e. The van der Waals surface area contributed by atoms with Crippen LogP contribution < -0.4 is 0 Å². The number of hydrogen-bond acceptors (Lipinski definition) is 2. The number of aromatic nitrogens is 1. The first-order valence-corrected chi connectivity index (χ1v) is 4.71. The lowest BCUT2D eigenvalue weighted by molar-refractivity contribution is -0.136. The number of carbonyl (C=O) groups is 1. The molecule has 1 aromatic heterocycles. The minimum absolute atomic E-state index is 0.0497. The molecule has 1 N–H and O–H groups in total. The number of carboxylic acids is 1. The molecule has 0 unspecified atom stereocenters. The van der Waals surface area contributed by atoms with Gasteiger partial charge in [0.2, 0.25) is 0 Å². The van der Waals surface area contributed by atoms with Crippen molar-refractivity contribution in [1.82, 2.24) is 4.98 Å². The van der Waals surface area contributed by atoms with Gasteiger partial charge in [-0.15, -0.1) is 0 Å². The molecule has 0 fully saturated rings. The molecule has 0 atom stereocenters. The van der Waals surface area contributed by atoms with Crippen LogP contribution in [0.5, 0.6) is 0 Å². The lowest BCUT2D eigenvalue weighted by Crippen LogP contribution is -2.02. The lowest BCUT2D eigenvalue weighted by atomic mass is 10.3. The highest BCUT2D eigenvalue weighted by Gasteiger charge is 2.03. The summed E-state index contributed by atoms with van der Waals surface area (Å²) in [7, 11) is 0. The fraction of sp³-hybridized carbons (Fsp3) is 0.143. The third kappa shape index (κ3) is 2.57. The van der Waals surface area contributed by atoms with Crippen molar-refractivity contribution in [1.29, 1.82) is 0 Å². The molecule has 64 valence electrons. The summed E-state index contributed by atoms with van der Waals surface area (Å²) in [4.78, 5) is 14.3. The predicted octanol–water partition coefficient (Wildman–Crippen LogP) is 2.23. The van der Waals surface area contributed by atoms with Gasteiger partial charge in [0.05, 0.1) is 16.6 Å². The van der Waals surface area contributed by atoms with Gasteiger partial charge in [-0.3, -0.25) is 4.79 Å². The normalized spacial score (nSPS) is 9.83. The Kier molecular flexibility index (Phi) is 3.22. The van der Waals surface area contributed by atoms with Crippen LogP contribution in [-0.4, -0.2) is 16.1 Å². The molecular weight excluding hydrogens is 290 g/mol. The first kappa shape index (κ1) is 9.67. The lowest BCUT2D eigenvalue weighted by Gasteiger charge is -1.98. The molecule has 5 heteroatoms. The monoisotopic (exact) mass is 293 g/mol. The molecule has 0 saturated heterocycles. The average Bonchev–Trinajstić information content (AvgIpc) is 1.96. The van der Waals surface area contributed by atoms with E-state index in [9.17, 15) is 4.79 Å². The highest BCUT2D eigenvalue weighted by molar-refractivity contribution is 9.13. The van der Waals surface area contributed by atoms with E-state index in [2.05, 4.69) is 36.8 Å². The van der Waals surface area contributed by atoms with Crippen LogP contribution in [0, 0.1) is 0 Å². The molecule has 0 saturated carbocycles. The van der Waals surface area contributed by atoms with Crippen molar-refractivity contribution in [3.63, 3.8) is 0 Å². The second-order valence-corrected chi connectivity index (χ2v) is 3.75. The maximum atomic E-state index is 10.3. The van der Waals surface area contributed by atoms with Crippen LogP contribution >= 0.6 is 31.9 Å². The zero-order valence-electron chi connectivity index (χ0n) is 5.92. The number of nitrogens with zero attached hydrogens (tertiary/aromatic N) is 1. The highest BCUT2D eigenvalue weighted by Crippen LogP contribution is 2.20. The Morgan fingerprint density at radius 3 is 2.67 bits per heavy atom. The zero-order chi connectivity index (χ0) is 9.14. The minimum Gasteiger partial charge on any atom is -0.481 e. The van der Waals surface area contributed by atoms with Gasteiger partial charge in [0.15, 0.2) is 0 Å². The Labute approximate surface area is 86.1 Å². The maximum absolute atomic E-state index is 10.3. The van der Waals surface area contributed by atoms with E-state index in [1.165, 1.54) is 0 Å². The van der Waals surface area contributed by atoms with E-state index in [0.29, 0.717) is 10.3 Å². The van der Waals surface area contributed by atoms with Gasteiger partial charge in [-0.05, 0) is 44.0 Å². The summed E-state index contributed by atoms with van der Waals surface area (Å²) in [6, 6.07) is 3.43. The average molecular weight is 295 g/mol. The smallest absolute Gasteiger partial charge is 0.309 e. The molecule has 3 nitrogen and oxygen atoms in total. The molecule has 1 aromatic rings. The number of aliphatic carboxylic acids is 1. The molecule has 1 rings (SSSR count). The van der Waals surface area contributed by atoms with Crippen molar-refractivity contribution >= 4 is 37.8 Å². The Morgan fingerprint density at radius 1 is 1.50 bits per heavy atom. The molecule has 0 aromatic carbocycles. The van der Waals surface area contributed by atoms with Gasteiger partial charge in [-0.25, -0.2) is 4.98 Å². The molecule has 0 radical (unpaired) electrons. The first-order chi connectivity index (χ1) is 5.59. The van der Waals surface area contributed by atoms with Crippen LogP contribution in [0.1, 0.15) is 5.69 Å². The molecule has 0 aliphatic rings. The molecule has 1 heterocycles. The number of pyridine rings is 1. The Balaban J connectivity index is 2.89. The predicted molar refractivity (Wildman–Crippen MR) is 51.0 cm³/mol. The Bertz CT molecular complexity index is 314. The molecule has 0 amide bonds. The van der Waals surface area contributed by atoms with Crippen molar-refractivity contribution in [2.75, 3.05) is 0 Å². The molecule has 0 bridgehead atoms. The van der Waals surface area contributed by atoms with Crippen LogP contribution in [0.25, 0.3) is 0 Å². The second-order valence-electron chi connectivity index (χ2n) is 2.15. The topological polar surface area (TPSA) is 50.2 Å². The van der Waals surface area contributed by atoms with E-state index in [1.807, 2.05) is 0 Å². The standard InChI is InChI=1S/C7H5Br2NO2/c8-5-2-1-4(3-6(11)12)10-7(5)9/h1-2H,3H2,(H,11,12). The van der Waals surface area contributed by atoms with E-state index in [0.717, 1.165) is 4.47 Å². The summed E-state index contributed by atoms with van der Waals surface area (Å²) in [5.74, 6) is -0.878. The fourth-order valence-corrected chi connectivity index (χ4v) is 1.29. The van der Waals surface area contributed by atoms with Crippen molar-refractivity contribution in [3.05, 3.63) is 26.9 Å². The summed E-state index contributed by atoms with van der Waals surface area (Å²) in [5.41, 5.74) is 0.539. The highest BCUT2D eigenvalue weighted by atomic mass is 79.9. The molecule has 12 heavy (non-hydrogen) atoms. The van der Waals surface area contributed by atoms with Crippen LogP contribution in [0.15, 0.2) is 21.2 Å². The van der Waals surface area contributed by atoms with Gasteiger partial charge in [-0.1, -0.05) is 0 Å². The molecular formula is C7H5Br2NO2. The number of hydrogen-bond donors (Lipinski definition) is 1. The van der Waals surface area contributed by atoms with Crippen LogP contribution in [-0.2, 0) is 11.2 Å². The second kappa shape index (κ2) is 4.00. The van der Waals surface area contributed by atoms with Gasteiger partial charge in [0.1, 0.15) is 4.60 Å². The first-order valence-electron chi connectivity index (χ1n) is 3.12. The minimum atomic E-state index is -0.878. The number of rotatable bonds is 2. The van der Waals surface area contributed by atoms with Crippen molar-refractivity contribution in [2.24, 2.45) is 0 Å². The van der Waals surface area contributed by atoms with Gasteiger partial charge >= 0.3 is 5.97 Å².